The van der Waals surface area contributed by atoms with Crippen molar-refractivity contribution in [1.82, 2.24) is 9.55 Å². The summed E-state index contributed by atoms with van der Waals surface area (Å²) < 4.78 is 7.77. The molecule has 7 heteroatoms. The Kier molecular flexibility index (Phi) is 4.99. The first kappa shape index (κ1) is 16.3. The van der Waals surface area contributed by atoms with Crippen LogP contribution >= 0.6 is 22.6 Å². The van der Waals surface area contributed by atoms with Crippen LogP contribution < -0.4 is 10.2 Å². The monoisotopic (exact) mass is 434 g/mol. The molecule has 2 aromatic carbocycles. The largest absolute Gasteiger partial charge is 0.504 e. The van der Waals surface area contributed by atoms with E-state index in [2.05, 4.69) is 38.1 Å². The van der Waals surface area contributed by atoms with Gasteiger partial charge in [0.05, 0.1) is 28.9 Å². The average Bonchev–Trinajstić information content (AvgIpc) is 3.13. The van der Waals surface area contributed by atoms with Crippen LogP contribution in [-0.2, 0) is 0 Å². The summed E-state index contributed by atoms with van der Waals surface area (Å²) in [5, 5.41) is 14.0. The number of ether oxygens (including phenoxy) is 1. The second-order valence-electron chi connectivity index (χ2n) is 4.94. The van der Waals surface area contributed by atoms with Crippen molar-refractivity contribution in [2.24, 2.45) is 5.10 Å². The second-order valence-corrected chi connectivity index (χ2v) is 6.10. The number of nitrogens with zero attached hydrogens (tertiary/aromatic N) is 3. The van der Waals surface area contributed by atoms with E-state index in [1.165, 1.54) is 7.11 Å². The molecule has 1 aromatic heterocycles. The van der Waals surface area contributed by atoms with Crippen LogP contribution in [0.1, 0.15) is 5.56 Å². The Hall–Kier alpha value is -2.55. The summed E-state index contributed by atoms with van der Waals surface area (Å²) in [4.78, 5) is 4.03. The molecule has 0 atom stereocenters. The van der Waals surface area contributed by atoms with E-state index in [-0.39, 0.29) is 5.75 Å². The molecule has 0 aliphatic carbocycles. The minimum Gasteiger partial charge on any atom is -0.504 e. The number of imidazole rings is 1. The molecule has 0 bridgehead atoms. The van der Waals surface area contributed by atoms with Gasteiger partial charge >= 0.3 is 0 Å². The number of hydrogen-bond donors (Lipinski definition) is 2. The van der Waals surface area contributed by atoms with Gasteiger partial charge < -0.3 is 14.4 Å². The van der Waals surface area contributed by atoms with Crippen molar-refractivity contribution in [2.45, 2.75) is 0 Å². The predicted molar refractivity (Wildman–Crippen MR) is 102 cm³/mol. The number of hydrogen-bond acceptors (Lipinski definition) is 5. The Balaban J connectivity index is 1.69. The molecule has 0 aliphatic heterocycles. The zero-order valence-corrected chi connectivity index (χ0v) is 15.0. The smallest absolute Gasteiger partial charge is 0.171 e. The molecule has 0 unspecified atom stereocenters. The van der Waals surface area contributed by atoms with Crippen LogP contribution in [0.2, 0.25) is 0 Å². The predicted octanol–water partition coefficient (Wildman–Crippen LogP) is 3.64. The van der Waals surface area contributed by atoms with Crippen molar-refractivity contribution in [3.05, 3.63) is 64.3 Å². The quantitative estimate of drug-likeness (QED) is 0.366. The molecule has 6 nitrogen and oxygen atoms in total. The van der Waals surface area contributed by atoms with Crippen LogP contribution in [-0.4, -0.2) is 28.0 Å². The maximum atomic E-state index is 9.83. The summed E-state index contributed by atoms with van der Waals surface area (Å²) in [6, 6.07) is 11.4. The Morgan fingerprint density at radius 2 is 2.08 bits per heavy atom. The van der Waals surface area contributed by atoms with E-state index >= 15 is 0 Å². The molecule has 0 spiro atoms. The third kappa shape index (κ3) is 3.67. The van der Waals surface area contributed by atoms with Crippen LogP contribution in [0.4, 0.5) is 5.69 Å². The summed E-state index contributed by atoms with van der Waals surface area (Å²) in [5.41, 5.74) is 5.70. The van der Waals surface area contributed by atoms with Crippen molar-refractivity contribution in [1.29, 1.82) is 0 Å². The molecule has 0 saturated heterocycles. The molecule has 0 fully saturated rings. The number of phenolic OH excluding ortho intramolecular Hbond substituents is 1. The van der Waals surface area contributed by atoms with Gasteiger partial charge in [-0.25, -0.2) is 4.98 Å². The van der Waals surface area contributed by atoms with Gasteiger partial charge in [0.1, 0.15) is 0 Å². The van der Waals surface area contributed by atoms with Gasteiger partial charge in [0.2, 0.25) is 0 Å². The van der Waals surface area contributed by atoms with E-state index in [9.17, 15) is 5.11 Å². The number of halogens is 1. The van der Waals surface area contributed by atoms with Gasteiger partial charge in [0.15, 0.2) is 11.5 Å². The van der Waals surface area contributed by atoms with Crippen molar-refractivity contribution in [2.75, 3.05) is 12.5 Å². The van der Waals surface area contributed by atoms with Crippen molar-refractivity contribution >= 4 is 34.5 Å². The minimum atomic E-state index is 0.137. The van der Waals surface area contributed by atoms with Crippen LogP contribution in [0.3, 0.4) is 0 Å². The number of aromatic hydroxyl groups is 1. The summed E-state index contributed by atoms with van der Waals surface area (Å²) in [7, 11) is 1.52. The molecule has 0 amide bonds. The lowest BCUT2D eigenvalue weighted by Crippen LogP contribution is -1.94. The van der Waals surface area contributed by atoms with Crippen molar-refractivity contribution in [3.63, 3.8) is 0 Å². The maximum absolute atomic E-state index is 9.83. The summed E-state index contributed by atoms with van der Waals surface area (Å²) in [6.45, 7) is 0. The van der Waals surface area contributed by atoms with Gasteiger partial charge in [0, 0.05) is 18.1 Å². The van der Waals surface area contributed by atoms with Gasteiger partial charge in [-0.05, 0) is 64.6 Å². The molecule has 0 aliphatic rings. The third-order valence-corrected chi connectivity index (χ3v) is 4.17. The summed E-state index contributed by atoms with van der Waals surface area (Å²) >= 11 is 2.05. The number of methoxy groups -OCH3 is 1. The zero-order valence-electron chi connectivity index (χ0n) is 12.8. The zero-order chi connectivity index (χ0) is 16.9. The lowest BCUT2D eigenvalue weighted by atomic mass is 10.2. The van der Waals surface area contributed by atoms with Crippen LogP contribution in [0, 0.1) is 3.57 Å². The molecule has 122 valence electrons. The molecular formula is C17H15IN4O2. The lowest BCUT2D eigenvalue weighted by Gasteiger charge is -2.06. The van der Waals surface area contributed by atoms with Crippen LogP contribution in [0.25, 0.3) is 5.69 Å². The Morgan fingerprint density at radius 1 is 1.29 bits per heavy atom. The fraction of sp³-hybridized carbons (Fsp3) is 0.0588. The lowest BCUT2D eigenvalue weighted by molar-refractivity contribution is 0.371. The molecule has 2 N–H and O–H groups in total. The van der Waals surface area contributed by atoms with E-state index < -0.39 is 0 Å². The SMILES string of the molecule is COc1cc(C=NNc2ccc(-n3ccnc3)cc2)cc(I)c1O. The Morgan fingerprint density at radius 3 is 2.75 bits per heavy atom. The highest BCUT2D eigenvalue weighted by Crippen LogP contribution is 2.31. The minimum absolute atomic E-state index is 0.137. The highest BCUT2D eigenvalue weighted by atomic mass is 127. The molecular weight excluding hydrogens is 419 g/mol. The first-order chi connectivity index (χ1) is 11.7. The van der Waals surface area contributed by atoms with Crippen molar-refractivity contribution in [3.8, 4) is 17.2 Å². The summed E-state index contributed by atoms with van der Waals surface area (Å²) in [5.74, 6) is 0.561. The highest BCUT2D eigenvalue weighted by Gasteiger charge is 2.07. The van der Waals surface area contributed by atoms with E-state index in [1.807, 2.05) is 41.1 Å². The van der Waals surface area contributed by atoms with Gasteiger partial charge in [0.25, 0.3) is 0 Å². The fourth-order valence-electron chi connectivity index (χ4n) is 2.13. The number of hydrazone groups is 1. The Bertz CT molecular complexity index is 846. The maximum Gasteiger partial charge on any atom is 0.171 e. The molecule has 1 heterocycles. The first-order valence-electron chi connectivity index (χ1n) is 7.11. The number of anilines is 1. The Labute approximate surface area is 152 Å². The van der Waals surface area contributed by atoms with Crippen LogP contribution in [0.5, 0.6) is 11.5 Å². The average molecular weight is 434 g/mol. The molecule has 3 aromatic rings. The highest BCUT2D eigenvalue weighted by molar-refractivity contribution is 14.1. The number of phenols is 1. The molecule has 0 saturated carbocycles. The topological polar surface area (TPSA) is 71.7 Å². The summed E-state index contributed by atoms with van der Waals surface area (Å²) in [6.07, 6.45) is 7.05. The third-order valence-electron chi connectivity index (χ3n) is 3.35. The fourth-order valence-corrected chi connectivity index (χ4v) is 2.75. The van der Waals surface area contributed by atoms with Gasteiger partial charge in [-0.3, -0.25) is 5.43 Å². The van der Waals surface area contributed by atoms with Gasteiger partial charge in [-0.1, -0.05) is 0 Å². The molecule has 24 heavy (non-hydrogen) atoms. The van der Waals surface area contributed by atoms with E-state index in [0.29, 0.717) is 9.32 Å². The first-order valence-corrected chi connectivity index (χ1v) is 8.19. The van der Waals surface area contributed by atoms with Gasteiger partial charge in [-0.2, -0.15) is 5.10 Å². The molecule has 3 rings (SSSR count). The van der Waals surface area contributed by atoms with Gasteiger partial charge in [-0.15, -0.1) is 0 Å². The van der Waals surface area contributed by atoms with E-state index in [0.717, 1.165) is 16.9 Å². The second kappa shape index (κ2) is 7.35. The number of benzene rings is 2. The standard InChI is InChI=1S/C17H15IN4O2/c1-24-16-9-12(8-15(18)17(16)23)10-20-21-13-2-4-14(5-3-13)22-7-6-19-11-22/h2-11,21,23H,1H3. The number of nitrogens with one attached hydrogen (secondary N) is 1. The number of rotatable bonds is 5. The van der Waals surface area contributed by atoms with Crippen molar-refractivity contribution < 1.29 is 9.84 Å². The van der Waals surface area contributed by atoms with Crippen LogP contribution in [0.15, 0.2) is 60.2 Å². The normalized spacial score (nSPS) is 10.9. The number of aromatic nitrogens is 2. The molecule has 0 radical (unpaired) electrons. The van der Waals surface area contributed by atoms with E-state index in [4.69, 9.17) is 4.74 Å². The van der Waals surface area contributed by atoms with E-state index in [1.54, 1.807) is 24.8 Å².